The summed E-state index contributed by atoms with van der Waals surface area (Å²) in [6.45, 7) is 1.62. The summed E-state index contributed by atoms with van der Waals surface area (Å²) in [5.41, 5.74) is -0.909. The molecule has 66 valence electrons. The topological polar surface area (TPSA) is 51.2 Å². The first-order chi connectivity index (χ1) is 5.58. The molecule has 0 aromatic carbocycles. The third-order valence-electron chi connectivity index (χ3n) is 2.53. The van der Waals surface area contributed by atoms with E-state index in [4.69, 9.17) is 0 Å². The van der Waals surface area contributed by atoms with Gasteiger partial charge in [-0.1, -0.05) is 0 Å². The molecule has 2 rings (SSSR count). The summed E-state index contributed by atoms with van der Waals surface area (Å²) < 4.78 is 10.8. The molecule has 0 bridgehead atoms. The van der Waals surface area contributed by atoms with Crippen LogP contribution in [-0.4, -0.2) is 25.4 Å². The quantitative estimate of drug-likeness (QED) is 0.577. The summed E-state index contributed by atoms with van der Waals surface area (Å²) in [5, 5.41) is -0.649. The predicted octanol–water partition coefficient (Wildman–Crippen LogP) is 0.314. The van der Waals surface area contributed by atoms with Gasteiger partial charge in [-0.25, -0.2) is 4.21 Å². The second-order valence-electron chi connectivity index (χ2n) is 3.19. The fourth-order valence-electron chi connectivity index (χ4n) is 1.46. The zero-order chi connectivity index (χ0) is 8.93. The summed E-state index contributed by atoms with van der Waals surface area (Å²) in [5.74, 6) is 1.01. The molecule has 1 atom stereocenters. The van der Waals surface area contributed by atoms with Gasteiger partial charge in [0.15, 0.2) is 10.8 Å². The van der Waals surface area contributed by atoms with Crippen LogP contribution in [0.1, 0.15) is 13.3 Å². The molecule has 2 fully saturated rings. The molecule has 3 nitrogen and oxygen atoms in total. The van der Waals surface area contributed by atoms with Crippen molar-refractivity contribution >= 4 is 32.8 Å². The van der Waals surface area contributed by atoms with Crippen molar-refractivity contribution in [2.45, 2.75) is 18.6 Å². The molecule has 0 aromatic heterocycles. The van der Waals surface area contributed by atoms with Gasteiger partial charge >= 0.3 is 0 Å². The molecule has 0 spiro atoms. The fraction of sp³-hybridized carbons (Fsp3) is 0.714. The normalized spacial score (nSPS) is 46.8. The monoisotopic (exact) mass is 204 g/mol. The molecular weight excluding hydrogens is 196 g/mol. The van der Waals surface area contributed by atoms with E-state index in [1.165, 1.54) is 0 Å². The maximum atomic E-state index is 11.2. The summed E-state index contributed by atoms with van der Waals surface area (Å²) in [4.78, 5) is 22.4. The second kappa shape index (κ2) is 2.42. The zero-order valence-corrected chi connectivity index (χ0v) is 8.17. The summed E-state index contributed by atoms with van der Waals surface area (Å²) >= 11 is 1.62. The SMILES string of the molecule is CC1(C2CCS2)C(=O)S(=O)C1=O. The van der Waals surface area contributed by atoms with Crippen LogP contribution in [0, 0.1) is 5.41 Å². The zero-order valence-electron chi connectivity index (χ0n) is 6.53. The van der Waals surface area contributed by atoms with E-state index in [1.807, 2.05) is 0 Å². The molecule has 5 heteroatoms. The van der Waals surface area contributed by atoms with Crippen molar-refractivity contribution in [2.75, 3.05) is 5.75 Å². The Morgan fingerprint density at radius 1 is 1.50 bits per heavy atom. The Kier molecular flexibility index (Phi) is 1.70. The van der Waals surface area contributed by atoms with Crippen LogP contribution in [0.5, 0.6) is 0 Å². The Balaban J connectivity index is 2.26. The van der Waals surface area contributed by atoms with Crippen LogP contribution in [0.4, 0.5) is 0 Å². The lowest BCUT2D eigenvalue weighted by Gasteiger charge is -2.43. The molecular formula is C7H8O3S2. The van der Waals surface area contributed by atoms with E-state index >= 15 is 0 Å². The van der Waals surface area contributed by atoms with Gasteiger partial charge in [0.05, 0.1) is 0 Å². The number of carbonyl (C=O) groups excluding carboxylic acids is 2. The van der Waals surface area contributed by atoms with Crippen LogP contribution in [0.15, 0.2) is 0 Å². The first-order valence-electron chi connectivity index (χ1n) is 3.70. The lowest BCUT2D eigenvalue weighted by molar-refractivity contribution is -0.134. The van der Waals surface area contributed by atoms with E-state index in [0.717, 1.165) is 12.2 Å². The molecule has 0 aromatic rings. The van der Waals surface area contributed by atoms with Crippen molar-refractivity contribution in [3.05, 3.63) is 0 Å². The molecule has 1 unspecified atom stereocenters. The Morgan fingerprint density at radius 3 is 2.33 bits per heavy atom. The van der Waals surface area contributed by atoms with Gasteiger partial charge in [0.2, 0.25) is 10.2 Å². The molecule has 0 amide bonds. The minimum Gasteiger partial charge on any atom is -0.283 e. The highest BCUT2D eigenvalue weighted by atomic mass is 32.2. The van der Waals surface area contributed by atoms with Crippen LogP contribution in [-0.2, 0) is 20.4 Å². The summed E-state index contributed by atoms with van der Waals surface area (Å²) in [7, 11) is -1.83. The van der Waals surface area contributed by atoms with E-state index in [9.17, 15) is 13.8 Å². The highest BCUT2D eigenvalue weighted by Gasteiger charge is 2.63. The smallest absolute Gasteiger partial charge is 0.242 e. The average molecular weight is 204 g/mol. The van der Waals surface area contributed by atoms with Gasteiger partial charge in [0.25, 0.3) is 0 Å². The van der Waals surface area contributed by atoms with Gasteiger partial charge in [0.1, 0.15) is 5.41 Å². The van der Waals surface area contributed by atoms with E-state index in [1.54, 1.807) is 18.7 Å². The molecule has 0 aliphatic carbocycles. The van der Waals surface area contributed by atoms with E-state index in [2.05, 4.69) is 0 Å². The van der Waals surface area contributed by atoms with Crippen LogP contribution >= 0.6 is 11.8 Å². The van der Waals surface area contributed by atoms with Crippen LogP contribution in [0.25, 0.3) is 0 Å². The Morgan fingerprint density at radius 2 is 2.00 bits per heavy atom. The van der Waals surface area contributed by atoms with Crippen molar-refractivity contribution in [3.8, 4) is 0 Å². The number of rotatable bonds is 1. The third-order valence-corrected chi connectivity index (χ3v) is 5.63. The largest absolute Gasteiger partial charge is 0.283 e. The average Bonchev–Trinajstić information content (AvgIpc) is 1.97. The van der Waals surface area contributed by atoms with Crippen molar-refractivity contribution in [1.82, 2.24) is 0 Å². The van der Waals surface area contributed by atoms with Crippen molar-refractivity contribution < 1.29 is 13.8 Å². The lowest BCUT2D eigenvalue weighted by atomic mass is 9.86. The standard InChI is InChI=1S/C7H8O3S2/c1-7(4-2-3-11-4)5(8)12(10)6(7)9/h4H,2-3H2,1H3. The van der Waals surface area contributed by atoms with Crippen molar-refractivity contribution in [3.63, 3.8) is 0 Å². The van der Waals surface area contributed by atoms with Gasteiger partial charge < -0.3 is 0 Å². The minimum atomic E-state index is -1.83. The Labute approximate surface area is 76.7 Å². The highest BCUT2D eigenvalue weighted by Crippen LogP contribution is 2.48. The maximum Gasteiger partial charge on any atom is 0.242 e. The minimum absolute atomic E-state index is 0.0928. The predicted molar refractivity (Wildman–Crippen MR) is 47.1 cm³/mol. The molecule has 2 saturated heterocycles. The van der Waals surface area contributed by atoms with E-state index in [0.29, 0.717) is 0 Å². The van der Waals surface area contributed by atoms with Crippen LogP contribution < -0.4 is 0 Å². The summed E-state index contributed by atoms with van der Waals surface area (Å²) in [6, 6.07) is 0. The van der Waals surface area contributed by atoms with E-state index < -0.39 is 16.2 Å². The second-order valence-corrected chi connectivity index (χ2v) is 5.78. The molecule has 2 aliphatic rings. The molecule has 0 N–H and O–H groups in total. The van der Waals surface area contributed by atoms with Gasteiger partial charge in [-0.05, 0) is 19.1 Å². The number of hydrogen-bond acceptors (Lipinski definition) is 4. The summed E-state index contributed by atoms with van der Waals surface area (Å²) in [6.07, 6.45) is 0.899. The fourth-order valence-corrected chi connectivity index (χ4v) is 3.88. The maximum absolute atomic E-state index is 11.2. The molecule has 0 saturated carbocycles. The molecule has 2 aliphatic heterocycles. The number of carbonyl (C=O) groups is 2. The van der Waals surface area contributed by atoms with Crippen molar-refractivity contribution in [2.24, 2.45) is 5.41 Å². The van der Waals surface area contributed by atoms with Crippen LogP contribution in [0.2, 0.25) is 0 Å². The van der Waals surface area contributed by atoms with Gasteiger partial charge in [-0.15, -0.1) is 0 Å². The van der Waals surface area contributed by atoms with Gasteiger partial charge in [-0.2, -0.15) is 11.8 Å². The number of hydrogen-bond donors (Lipinski definition) is 0. The number of thioether (sulfide) groups is 1. The molecule has 12 heavy (non-hydrogen) atoms. The first-order valence-corrected chi connectivity index (χ1v) is 5.90. The molecule has 2 heterocycles. The first kappa shape index (κ1) is 8.44. The lowest BCUT2D eigenvalue weighted by Crippen LogP contribution is -2.60. The van der Waals surface area contributed by atoms with Gasteiger partial charge in [-0.3, -0.25) is 9.59 Å². The van der Waals surface area contributed by atoms with Gasteiger partial charge in [0, 0.05) is 5.25 Å². The Hall–Kier alpha value is -0.160. The molecule has 0 radical (unpaired) electrons. The van der Waals surface area contributed by atoms with Crippen LogP contribution in [0.3, 0.4) is 0 Å². The highest BCUT2D eigenvalue weighted by molar-refractivity contribution is 8.17. The van der Waals surface area contributed by atoms with E-state index in [-0.39, 0.29) is 15.5 Å². The third kappa shape index (κ3) is 0.758. The Bertz CT molecular complexity index is 275. The van der Waals surface area contributed by atoms with Crippen molar-refractivity contribution in [1.29, 1.82) is 0 Å².